The Bertz CT molecular complexity index is 956. The zero-order chi connectivity index (χ0) is 20.8. The zero-order valence-electron chi connectivity index (χ0n) is 17.2. The van der Waals surface area contributed by atoms with Gasteiger partial charge in [-0.1, -0.05) is 26.0 Å². The first-order chi connectivity index (χ1) is 14.0. The van der Waals surface area contributed by atoms with Crippen LogP contribution in [0.4, 0.5) is 0 Å². The predicted octanol–water partition coefficient (Wildman–Crippen LogP) is 3.77. The summed E-state index contributed by atoms with van der Waals surface area (Å²) in [5.41, 5.74) is 1.68. The van der Waals surface area contributed by atoms with Gasteiger partial charge in [0.15, 0.2) is 5.76 Å². The highest BCUT2D eigenvalue weighted by atomic mass is 16.3. The number of rotatable bonds is 9. The van der Waals surface area contributed by atoms with E-state index in [1.807, 2.05) is 40.7 Å². The van der Waals surface area contributed by atoms with Gasteiger partial charge in [0.05, 0.1) is 23.3 Å². The van der Waals surface area contributed by atoms with Crippen LogP contribution in [0, 0.1) is 0 Å². The number of hydrogen-bond acceptors (Lipinski definition) is 4. The molecule has 2 aromatic heterocycles. The van der Waals surface area contributed by atoms with Crippen LogP contribution in [0.1, 0.15) is 56.0 Å². The van der Waals surface area contributed by atoms with E-state index in [0.717, 1.165) is 37.0 Å². The molecule has 7 heteroatoms. The van der Waals surface area contributed by atoms with Gasteiger partial charge in [0, 0.05) is 13.1 Å². The highest BCUT2D eigenvalue weighted by molar-refractivity contribution is 5.91. The Hall–Kier alpha value is -3.09. The van der Waals surface area contributed by atoms with Crippen LogP contribution in [0.5, 0.6) is 0 Å². The third kappa shape index (κ3) is 4.67. The van der Waals surface area contributed by atoms with Crippen molar-refractivity contribution in [3.8, 4) is 0 Å². The molecule has 0 aliphatic carbocycles. The molecule has 0 aliphatic rings. The molecular formula is C22H28N4O3. The lowest BCUT2D eigenvalue weighted by Gasteiger charge is -2.23. The molecule has 0 saturated heterocycles. The first-order valence-corrected chi connectivity index (χ1v) is 10.1. The number of aromatic nitrogens is 2. The number of para-hydroxylation sites is 2. The molecule has 0 spiro atoms. The fourth-order valence-corrected chi connectivity index (χ4v) is 3.47. The molecule has 2 amide bonds. The largest absolute Gasteiger partial charge is 0.459 e. The van der Waals surface area contributed by atoms with Gasteiger partial charge in [0.2, 0.25) is 5.91 Å². The van der Waals surface area contributed by atoms with E-state index in [1.165, 1.54) is 6.26 Å². The fourth-order valence-electron chi connectivity index (χ4n) is 3.47. The molecule has 0 bridgehead atoms. The van der Waals surface area contributed by atoms with Crippen LogP contribution in [0.25, 0.3) is 11.0 Å². The molecule has 1 unspecified atom stereocenters. The summed E-state index contributed by atoms with van der Waals surface area (Å²) < 4.78 is 7.08. The third-order valence-electron chi connectivity index (χ3n) is 4.80. The second-order valence-electron chi connectivity index (χ2n) is 7.10. The van der Waals surface area contributed by atoms with Crippen molar-refractivity contribution >= 4 is 22.8 Å². The summed E-state index contributed by atoms with van der Waals surface area (Å²) in [6.07, 6.45) is 3.29. The van der Waals surface area contributed by atoms with E-state index in [4.69, 9.17) is 9.40 Å². The average Bonchev–Trinajstić information content (AvgIpc) is 3.36. The molecule has 1 aromatic carbocycles. The Kier molecular flexibility index (Phi) is 6.69. The minimum atomic E-state index is -0.390. The van der Waals surface area contributed by atoms with Crippen molar-refractivity contribution in [1.29, 1.82) is 0 Å². The molecule has 1 N–H and O–H groups in total. The highest BCUT2D eigenvalue weighted by Gasteiger charge is 2.22. The average molecular weight is 396 g/mol. The molecule has 0 saturated carbocycles. The van der Waals surface area contributed by atoms with E-state index in [-0.39, 0.29) is 24.1 Å². The Balaban J connectivity index is 1.89. The monoisotopic (exact) mass is 396 g/mol. The van der Waals surface area contributed by atoms with Crippen molar-refractivity contribution in [2.75, 3.05) is 13.1 Å². The van der Waals surface area contributed by atoms with E-state index < -0.39 is 6.04 Å². The first kappa shape index (κ1) is 20.6. The Labute approximate surface area is 170 Å². The van der Waals surface area contributed by atoms with Crippen LogP contribution in [0.2, 0.25) is 0 Å². The minimum absolute atomic E-state index is 0.0580. The molecular weight excluding hydrogens is 368 g/mol. The summed E-state index contributed by atoms with van der Waals surface area (Å²) >= 11 is 0. The smallest absolute Gasteiger partial charge is 0.287 e. The number of hydrogen-bond donors (Lipinski definition) is 1. The van der Waals surface area contributed by atoms with Crippen molar-refractivity contribution < 1.29 is 14.0 Å². The number of carbonyl (C=O) groups is 2. The molecule has 29 heavy (non-hydrogen) atoms. The first-order valence-electron chi connectivity index (χ1n) is 10.1. The summed E-state index contributed by atoms with van der Waals surface area (Å²) in [6.45, 7) is 7.66. The lowest BCUT2D eigenvalue weighted by molar-refractivity contribution is -0.131. The number of amides is 2. The van der Waals surface area contributed by atoms with Gasteiger partial charge in [-0.3, -0.25) is 9.59 Å². The van der Waals surface area contributed by atoms with Gasteiger partial charge in [0.25, 0.3) is 5.91 Å². The van der Waals surface area contributed by atoms with E-state index in [9.17, 15) is 9.59 Å². The SMILES string of the molecule is CCCN(CCC)C(=O)Cn1c(C(C)NC(=O)c2ccco2)nc2ccccc21. The number of furan rings is 1. The lowest BCUT2D eigenvalue weighted by Crippen LogP contribution is -2.36. The maximum atomic E-state index is 13.0. The molecule has 3 rings (SSSR count). The molecule has 3 aromatic rings. The minimum Gasteiger partial charge on any atom is -0.459 e. The standard InChI is InChI=1S/C22H28N4O3/c1-4-12-25(13-5-2)20(27)15-26-18-10-7-6-9-17(18)24-21(26)16(3)23-22(28)19-11-8-14-29-19/h6-11,14,16H,4-5,12-13,15H2,1-3H3,(H,23,28). The van der Waals surface area contributed by atoms with Gasteiger partial charge in [-0.25, -0.2) is 4.98 Å². The third-order valence-corrected chi connectivity index (χ3v) is 4.80. The summed E-state index contributed by atoms with van der Waals surface area (Å²) in [5, 5.41) is 2.91. The summed E-state index contributed by atoms with van der Waals surface area (Å²) in [7, 11) is 0. The fraction of sp³-hybridized carbons (Fsp3) is 0.409. The van der Waals surface area contributed by atoms with Crippen LogP contribution >= 0.6 is 0 Å². The molecule has 0 fully saturated rings. The van der Waals surface area contributed by atoms with Crippen LogP contribution in [-0.4, -0.2) is 39.4 Å². The van der Waals surface area contributed by atoms with Gasteiger partial charge in [-0.15, -0.1) is 0 Å². The summed E-state index contributed by atoms with van der Waals surface area (Å²) in [5.74, 6) is 0.633. The van der Waals surface area contributed by atoms with Crippen molar-refractivity contribution in [1.82, 2.24) is 19.8 Å². The van der Waals surface area contributed by atoms with Crippen molar-refractivity contribution in [3.05, 3.63) is 54.2 Å². The van der Waals surface area contributed by atoms with Gasteiger partial charge < -0.3 is 19.2 Å². The molecule has 1 atom stereocenters. The Morgan fingerprint density at radius 3 is 2.52 bits per heavy atom. The Morgan fingerprint density at radius 2 is 1.86 bits per heavy atom. The number of nitrogens with zero attached hydrogens (tertiary/aromatic N) is 3. The Morgan fingerprint density at radius 1 is 1.14 bits per heavy atom. The van der Waals surface area contributed by atoms with Crippen molar-refractivity contribution in [3.63, 3.8) is 0 Å². The zero-order valence-corrected chi connectivity index (χ0v) is 17.2. The number of nitrogens with one attached hydrogen (secondary N) is 1. The normalized spacial score (nSPS) is 12.1. The lowest BCUT2D eigenvalue weighted by atomic mass is 10.2. The molecule has 0 radical (unpaired) electrons. The van der Waals surface area contributed by atoms with Crippen molar-refractivity contribution in [2.24, 2.45) is 0 Å². The van der Waals surface area contributed by atoms with Gasteiger partial charge >= 0.3 is 0 Å². The summed E-state index contributed by atoms with van der Waals surface area (Å²) in [4.78, 5) is 32.0. The maximum Gasteiger partial charge on any atom is 0.287 e. The van der Waals surface area contributed by atoms with E-state index in [0.29, 0.717) is 5.82 Å². The van der Waals surface area contributed by atoms with Crippen LogP contribution in [-0.2, 0) is 11.3 Å². The van der Waals surface area contributed by atoms with E-state index in [1.54, 1.807) is 12.1 Å². The van der Waals surface area contributed by atoms with Gasteiger partial charge in [-0.2, -0.15) is 0 Å². The molecule has 7 nitrogen and oxygen atoms in total. The van der Waals surface area contributed by atoms with Crippen molar-refractivity contribution in [2.45, 2.75) is 46.2 Å². The van der Waals surface area contributed by atoms with E-state index in [2.05, 4.69) is 19.2 Å². The van der Waals surface area contributed by atoms with Crippen LogP contribution in [0.3, 0.4) is 0 Å². The van der Waals surface area contributed by atoms with Gasteiger partial charge in [-0.05, 0) is 44.0 Å². The highest BCUT2D eigenvalue weighted by Crippen LogP contribution is 2.21. The second-order valence-corrected chi connectivity index (χ2v) is 7.10. The van der Waals surface area contributed by atoms with Crippen LogP contribution in [0.15, 0.2) is 47.1 Å². The second kappa shape index (κ2) is 9.41. The number of imidazole rings is 1. The molecule has 2 heterocycles. The van der Waals surface area contributed by atoms with Crippen LogP contribution < -0.4 is 5.32 Å². The van der Waals surface area contributed by atoms with E-state index >= 15 is 0 Å². The number of fused-ring (bicyclic) bond motifs is 1. The topological polar surface area (TPSA) is 80.4 Å². The molecule has 0 aliphatic heterocycles. The summed E-state index contributed by atoms with van der Waals surface area (Å²) in [6, 6.07) is 10.6. The number of benzene rings is 1. The quantitative estimate of drug-likeness (QED) is 0.597. The number of carbonyl (C=O) groups excluding carboxylic acids is 2. The maximum absolute atomic E-state index is 13.0. The molecule has 154 valence electrons. The van der Waals surface area contributed by atoms with Gasteiger partial charge in [0.1, 0.15) is 12.4 Å². The predicted molar refractivity (Wildman–Crippen MR) is 111 cm³/mol.